The van der Waals surface area contributed by atoms with Gasteiger partial charge in [-0.1, -0.05) is 12.1 Å². The third kappa shape index (κ3) is 5.13. The van der Waals surface area contributed by atoms with Crippen LogP contribution in [0, 0.1) is 0 Å². The van der Waals surface area contributed by atoms with E-state index in [2.05, 4.69) is 10.4 Å². The summed E-state index contributed by atoms with van der Waals surface area (Å²) in [5.74, 6) is -0.381. The van der Waals surface area contributed by atoms with Crippen molar-refractivity contribution in [2.75, 3.05) is 5.32 Å². The molecular weight excluding hydrogens is 363 g/mol. The van der Waals surface area contributed by atoms with E-state index in [4.69, 9.17) is 0 Å². The van der Waals surface area contributed by atoms with Gasteiger partial charge in [-0.3, -0.25) is 9.48 Å². The van der Waals surface area contributed by atoms with Crippen LogP contribution in [0.15, 0.2) is 71.9 Å². The maximum atomic E-state index is 12.3. The van der Waals surface area contributed by atoms with Gasteiger partial charge < -0.3 is 5.32 Å². The Morgan fingerprint density at radius 3 is 2.35 bits per heavy atom. The SMILES string of the molecule is O=C(Nc1ccc(Cn2cccn2)cc1)c1ccc(SC(F)(F)F)cc1. The van der Waals surface area contributed by atoms with Crippen molar-refractivity contribution < 1.29 is 18.0 Å². The van der Waals surface area contributed by atoms with Crippen molar-refractivity contribution in [1.29, 1.82) is 0 Å². The lowest BCUT2D eigenvalue weighted by molar-refractivity contribution is -0.0328. The third-order valence-electron chi connectivity index (χ3n) is 3.47. The van der Waals surface area contributed by atoms with Gasteiger partial charge in [0.05, 0.1) is 6.54 Å². The molecule has 1 aromatic heterocycles. The fourth-order valence-electron chi connectivity index (χ4n) is 2.29. The molecule has 0 fully saturated rings. The molecule has 0 aliphatic rings. The smallest absolute Gasteiger partial charge is 0.322 e. The number of benzene rings is 2. The Kier molecular flexibility index (Phi) is 5.32. The molecule has 0 radical (unpaired) electrons. The standard InChI is InChI=1S/C18H14F3N3OS/c19-18(20,21)26-16-8-4-14(5-9-16)17(25)23-15-6-2-13(3-7-15)12-24-11-1-10-22-24/h1-11H,12H2,(H,23,25). The van der Waals surface area contributed by atoms with Crippen LogP contribution in [0.3, 0.4) is 0 Å². The van der Waals surface area contributed by atoms with Crippen LogP contribution >= 0.6 is 11.8 Å². The van der Waals surface area contributed by atoms with Crippen molar-refractivity contribution in [3.05, 3.63) is 78.1 Å². The highest BCUT2D eigenvalue weighted by Crippen LogP contribution is 2.36. The molecule has 0 spiro atoms. The molecule has 4 nitrogen and oxygen atoms in total. The van der Waals surface area contributed by atoms with Gasteiger partial charge in [0.2, 0.25) is 0 Å². The summed E-state index contributed by atoms with van der Waals surface area (Å²) < 4.78 is 38.7. The summed E-state index contributed by atoms with van der Waals surface area (Å²) in [7, 11) is 0. The Labute approximate surface area is 152 Å². The van der Waals surface area contributed by atoms with E-state index in [0.29, 0.717) is 12.2 Å². The Balaban J connectivity index is 1.60. The zero-order valence-corrected chi connectivity index (χ0v) is 14.2. The first kappa shape index (κ1) is 18.1. The Morgan fingerprint density at radius 2 is 1.77 bits per heavy atom. The molecule has 0 aliphatic carbocycles. The Hall–Kier alpha value is -2.74. The van der Waals surface area contributed by atoms with Gasteiger partial charge in [0, 0.05) is 28.5 Å². The number of carbonyl (C=O) groups excluding carboxylic acids is 1. The second-order valence-corrected chi connectivity index (χ2v) is 6.57. The molecule has 1 heterocycles. The number of carbonyl (C=O) groups is 1. The summed E-state index contributed by atoms with van der Waals surface area (Å²) >= 11 is -0.211. The van der Waals surface area contributed by atoms with Crippen molar-refractivity contribution in [2.24, 2.45) is 0 Å². The molecule has 0 unspecified atom stereocenters. The molecule has 26 heavy (non-hydrogen) atoms. The molecule has 134 valence electrons. The van der Waals surface area contributed by atoms with Crippen LogP contribution in [0.4, 0.5) is 18.9 Å². The fraction of sp³-hybridized carbons (Fsp3) is 0.111. The average molecular weight is 377 g/mol. The van der Waals surface area contributed by atoms with Gasteiger partial charge in [-0.15, -0.1) is 0 Å². The van der Waals surface area contributed by atoms with Crippen molar-refractivity contribution in [3.8, 4) is 0 Å². The van der Waals surface area contributed by atoms with Crippen LogP contribution in [0.1, 0.15) is 15.9 Å². The van der Waals surface area contributed by atoms with E-state index >= 15 is 0 Å². The second kappa shape index (κ2) is 7.65. The highest BCUT2D eigenvalue weighted by molar-refractivity contribution is 8.00. The summed E-state index contributed by atoms with van der Waals surface area (Å²) in [6, 6.07) is 14.4. The second-order valence-electron chi connectivity index (χ2n) is 5.43. The summed E-state index contributed by atoms with van der Waals surface area (Å²) in [6.07, 6.45) is 3.56. The van der Waals surface area contributed by atoms with Gasteiger partial charge >= 0.3 is 5.51 Å². The third-order valence-corrected chi connectivity index (χ3v) is 4.20. The van der Waals surface area contributed by atoms with E-state index in [1.54, 1.807) is 23.0 Å². The quantitative estimate of drug-likeness (QED) is 0.650. The van der Waals surface area contributed by atoms with Gasteiger partial charge in [-0.25, -0.2) is 0 Å². The Bertz CT molecular complexity index is 860. The zero-order valence-electron chi connectivity index (χ0n) is 13.4. The van der Waals surface area contributed by atoms with Crippen molar-refractivity contribution in [1.82, 2.24) is 9.78 Å². The number of rotatable bonds is 5. The molecule has 3 aromatic rings. The van der Waals surface area contributed by atoms with E-state index < -0.39 is 5.51 Å². The number of hydrogen-bond donors (Lipinski definition) is 1. The first-order valence-corrected chi connectivity index (χ1v) is 8.44. The molecule has 0 saturated carbocycles. The molecule has 1 N–H and O–H groups in total. The number of amides is 1. The summed E-state index contributed by atoms with van der Waals surface area (Å²) in [6.45, 7) is 0.625. The van der Waals surface area contributed by atoms with E-state index in [0.717, 1.165) is 5.56 Å². The molecule has 8 heteroatoms. The molecule has 1 amide bonds. The van der Waals surface area contributed by atoms with Crippen LogP contribution < -0.4 is 5.32 Å². The monoisotopic (exact) mass is 377 g/mol. The highest BCUT2D eigenvalue weighted by Gasteiger charge is 2.29. The predicted octanol–water partition coefficient (Wildman–Crippen LogP) is 4.80. The maximum Gasteiger partial charge on any atom is 0.446 e. The van der Waals surface area contributed by atoms with E-state index in [-0.39, 0.29) is 28.1 Å². The van der Waals surface area contributed by atoms with Gasteiger partial charge in [-0.2, -0.15) is 18.3 Å². The van der Waals surface area contributed by atoms with E-state index in [1.165, 1.54) is 24.3 Å². The molecule has 3 rings (SSSR count). The highest BCUT2D eigenvalue weighted by atomic mass is 32.2. The van der Waals surface area contributed by atoms with Gasteiger partial charge in [0.25, 0.3) is 5.91 Å². The first-order chi connectivity index (χ1) is 12.4. The number of thioether (sulfide) groups is 1. The van der Waals surface area contributed by atoms with Crippen LogP contribution in [0.5, 0.6) is 0 Å². The lowest BCUT2D eigenvalue weighted by atomic mass is 10.2. The zero-order chi connectivity index (χ0) is 18.6. The van der Waals surface area contributed by atoms with Crippen LogP contribution in [0.25, 0.3) is 0 Å². The minimum atomic E-state index is -4.35. The van der Waals surface area contributed by atoms with E-state index in [9.17, 15) is 18.0 Å². The fourth-order valence-corrected chi connectivity index (χ4v) is 2.83. The first-order valence-electron chi connectivity index (χ1n) is 7.62. The molecular formula is C18H14F3N3OS. The molecule has 0 aliphatic heterocycles. The summed E-state index contributed by atoms with van der Waals surface area (Å²) in [4.78, 5) is 12.2. The summed E-state index contributed by atoms with van der Waals surface area (Å²) in [5.41, 5.74) is -2.42. The number of hydrogen-bond acceptors (Lipinski definition) is 3. The van der Waals surface area contributed by atoms with Crippen LogP contribution in [-0.4, -0.2) is 21.2 Å². The van der Waals surface area contributed by atoms with Gasteiger partial charge in [-0.05, 0) is 59.8 Å². The molecule has 0 atom stereocenters. The molecule has 0 saturated heterocycles. The number of anilines is 1. The number of nitrogens with one attached hydrogen (secondary N) is 1. The normalized spacial score (nSPS) is 11.3. The number of nitrogens with zero attached hydrogens (tertiary/aromatic N) is 2. The van der Waals surface area contributed by atoms with Gasteiger partial charge in [0.1, 0.15) is 0 Å². The van der Waals surface area contributed by atoms with Crippen molar-refractivity contribution in [2.45, 2.75) is 16.9 Å². The van der Waals surface area contributed by atoms with E-state index in [1.807, 2.05) is 24.4 Å². The van der Waals surface area contributed by atoms with Gasteiger partial charge in [0.15, 0.2) is 0 Å². The lowest BCUT2D eigenvalue weighted by Gasteiger charge is -2.08. The van der Waals surface area contributed by atoms with Crippen LogP contribution in [0.2, 0.25) is 0 Å². The summed E-state index contributed by atoms with van der Waals surface area (Å²) in [5, 5.41) is 6.85. The number of aromatic nitrogens is 2. The molecule has 0 bridgehead atoms. The topological polar surface area (TPSA) is 46.9 Å². The Morgan fingerprint density at radius 1 is 1.08 bits per heavy atom. The maximum absolute atomic E-state index is 12.3. The largest absolute Gasteiger partial charge is 0.446 e. The lowest BCUT2D eigenvalue weighted by Crippen LogP contribution is -2.12. The number of alkyl halides is 3. The average Bonchev–Trinajstić information content (AvgIpc) is 3.09. The molecule has 2 aromatic carbocycles. The minimum Gasteiger partial charge on any atom is -0.322 e. The minimum absolute atomic E-state index is 0.0389. The predicted molar refractivity (Wildman–Crippen MR) is 94.1 cm³/mol. The van der Waals surface area contributed by atoms with Crippen molar-refractivity contribution in [3.63, 3.8) is 0 Å². The van der Waals surface area contributed by atoms with Crippen LogP contribution in [-0.2, 0) is 6.54 Å². The number of halogens is 3. The van der Waals surface area contributed by atoms with Crippen molar-refractivity contribution >= 4 is 23.4 Å².